The lowest BCUT2D eigenvalue weighted by Gasteiger charge is -2.31. The van der Waals surface area contributed by atoms with Crippen LogP contribution in [-0.2, 0) is 11.8 Å². The number of piperidine rings is 1. The van der Waals surface area contributed by atoms with Gasteiger partial charge in [0, 0.05) is 32.1 Å². The number of H-pyrrole nitrogens is 1. The maximum absolute atomic E-state index is 12.5. The molecule has 1 aliphatic heterocycles. The van der Waals surface area contributed by atoms with E-state index < -0.39 is 0 Å². The average molecular weight is 353 g/mol. The van der Waals surface area contributed by atoms with Crippen molar-refractivity contribution in [2.45, 2.75) is 18.8 Å². The van der Waals surface area contributed by atoms with E-state index in [0.29, 0.717) is 16.9 Å². The quantitative estimate of drug-likeness (QED) is 0.680. The fraction of sp³-hybridized carbons (Fsp3) is 0.333. The molecule has 1 atom stereocenters. The van der Waals surface area contributed by atoms with Crippen molar-refractivity contribution in [3.05, 3.63) is 52.1 Å². The van der Waals surface area contributed by atoms with Gasteiger partial charge in [0.1, 0.15) is 5.82 Å². The Kier molecular flexibility index (Phi) is 5.10. The Morgan fingerprint density at radius 3 is 3.08 bits per heavy atom. The maximum Gasteiger partial charge on any atom is 0.246 e. The van der Waals surface area contributed by atoms with E-state index in [4.69, 9.17) is 17.5 Å². The molecule has 0 saturated carbocycles. The van der Waals surface area contributed by atoms with Crippen molar-refractivity contribution in [2.24, 2.45) is 7.05 Å². The number of aromatic amines is 1. The standard InChI is InChI=1S/C18H19N5OS/c1-22-17(20-21-18(22)25)15-6-3-9-23(12-15)16(24)8-7-13-4-2-5-14(10-13)11-19/h2,4-5,7-8,10,15H,3,6,9,12H2,1H3,(H,21,25). The van der Waals surface area contributed by atoms with Gasteiger partial charge in [0.05, 0.1) is 11.6 Å². The van der Waals surface area contributed by atoms with Crippen LogP contribution in [0.3, 0.4) is 0 Å². The Bertz CT molecular complexity index is 905. The fourth-order valence-corrected chi connectivity index (χ4v) is 3.24. The molecule has 0 radical (unpaired) electrons. The molecule has 1 N–H and O–H groups in total. The zero-order chi connectivity index (χ0) is 17.8. The highest BCUT2D eigenvalue weighted by molar-refractivity contribution is 7.71. The van der Waals surface area contributed by atoms with Crippen molar-refractivity contribution >= 4 is 24.2 Å². The van der Waals surface area contributed by atoms with Crippen LogP contribution in [0.5, 0.6) is 0 Å². The van der Waals surface area contributed by atoms with Crippen LogP contribution in [0.2, 0.25) is 0 Å². The largest absolute Gasteiger partial charge is 0.338 e. The predicted octanol–water partition coefficient (Wildman–Crippen LogP) is 2.77. The number of carbonyl (C=O) groups excluding carboxylic acids is 1. The Balaban J connectivity index is 1.69. The first-order valence-electron chi connectivity index (χ1n) is 8.17. The maximum atomic E-state index is 12.5. The summed E-state index contributed by atoms with van der Waals surface area (Å²) in [5.74, 6) is 1.06. The van der Waals surface area contributed by atoms with Gasteiger partial charge < -0.3 is 9.47 Å². The molecule has 1 aromatic heterocycles. The van der Waals surface area contributed by atoms with Crippen molar-refractivity contribution in [2.75, 3.05) is 13.1 Å². The average Bonchev–Trinajstić information content (AvgIpc) is 2.99. The molecule has 1 aliphatic rings. The summed E-state index contributed by atoms with van der Waals surface area (Å²) in [5.41, 5.74) is 1.42. The first kappa shape index (κ1) is 17.1. The molecule has 25 heavy (non-hydrogen) atoms. The molecule has 2 aromatic rings. The van der Waals surface area contributed by atoms with Crippen LogP contribution in [-0.4, -0.2) is 38.7 Å². The van der Waals surface area contributed by atoms with Crippen molar-refractivity contribution in [3.63, 3.8) is 0 Å². The van der Waals surface area contributed by atoms with E-state index in [9.17, 15) is 4.79 Å². The number of benzene rings is 1. The molecule has 3 rings (SSSR count). The molecular formula is C18H19N5OS. The number of likely N-dealkylation sites (tertiary alicyclic amines) is 1. The molecule has 1 amide bonds. The van der Waals surface area contributed by atoms with Gasteiger partial charge in [0.2, 0.25) is 5.91 Å². The third kappa shape index (κ3) is 3.86. The second kappa shape index (κ2) is 7.45. The molecule has 128 valence electrons. The van der Waals surface area contributed by atoms with Gasteiger partial charge >= 0.3 is 0 Å². The molecule has 7 heteroatoms. The second-order valence-corrected chi connectivity index (χ2v) is 6.53. The Morgan fingerprint density at radius 1 is 1.52 bits per heavy atom. The van der Waals surface area contributed by atoms with Gasteiger partial charge in [-0.3, -0.25) is 9.89 Å². The number of carbonyl (C=O) groups is 1. The summed E-state index contributed by atoms with van der Waals surface area (Å²) in [6.45, 7) is 1.38. The minimum atomic E-state index is -0.0242. The van der Waals surface area contributed by atoms with Crippen LogP contribution < -0.4 is 0 Å². The Labute approximate surface area is 151 Å². The van der Waals surface area contributed by atoms with E-state index in [1.54, 1.807) is 24.3 Å². The van der Waals surface area contributed by atoms with Crippen LogP contribution in [0.1, 0.15) is 35.7 Å². The highest BCUT2D eigenvalue weighted by Gasteiger charge is 2.26. The van der Waals surface area contributed by atoms with Gasteiger partial charge in [-0.05, 0) is 48.8 Å². The molecular weight excluding hydrogens is 334 g/mol. The van der Waals surface area contributed by atoms with Crippen LogP contribution in [0.15, 0.2) is 30.3 Å². The molecule has 1 unspecified atom stereocenters. The number of nitrogens with zero attached hydrogens (tertiary/aromatic N) is 4. The molecule has 1 fully saturated rings. The van der Waals surface area contributed by atoms with Gasteiger partial charge in [-0.15, -0.1) is 0 Å². The van der Waals surface area contributed by atoms with E-state index >= 15 is 0 Å². The van der Waals surface area contributed by atoms with E-state index in [0.717, 1.165) is 30.8 Å². The number of amides is 1. The lowest BCUT2D eigenvalue weighted by Crippen LogP contribution is -2.38. The highest BCUT2D eigenvalue weighted by atomic mass is 32.1. The second-order valence-electron chi connectivity index (χ2n) is 6.14. The summed E-state index contributed by atoms with van der Waals surface area (Å²) >= 11 is 5.17. The first-order valence-corrected chi connectivity index (χ1v) is 8.58. The molecule has 1 aromatic carbocycles. The van der Waals surface area contributed by atoms with E-state index in [-0.39, 0.29) is 11.8 Å². The summed E-state index contributed by atoms with van der Waals surface area (Å²) in [7, 11) is 1.89. The number of rotatable bonds is 3. The van der Waals surface area contributed by atoms with Crippen LogP contribution in [0, 0.1) is 16.1 Å². The van der Waals surface area contributed by atoms with Crippen molar-refractivity contribution in [1.82, 2.24) is 19.7 Å². The van der Waals surface area contributed by atoms with Crippen LogP contribution in [0.25, 0.3) is 6.08 Å². The van der Waals surface area contributed by atoms with E-state index in [1.165, 1.54) is 0 Å². The minimum absolute atomic E-state index is 0.0242. The normalized spacial score (nSPS) is 17.6. The summed E-state index contributed by atoms with van der Waals surface area (Å²) in [6, 6.07) is 9.29. The zero-order valence-corrected chi connectivity index (χ0v) is 14.8. The predicted molar refractivity (Wildman–Crippen MR) is 97.1 cm³/mol. The molecule has 0 bridgehead atoms. The van der Waals surface area contributed by atoms with Gasteiger partial charge in [0.15, 0.2) is 4.77 Å². The van der Waals surface area contributed by atoms with Crippen molar-refractivity contribution in [1.29, 1.82) is 5.26 Å². The molecule has 6 nitrogen and oxygen atoms in total. The topological polar surface area (TPSA) is 77.7 Å². The number of nitriles is 1. The summed E-state index contributed by atoms with van der Waals surface area (Å²) in [4.78, 5) is 14.4. The molecule has 2 heterocycles. The zero-order valence-electron chi connectivity index (χ0n) is 14.0. The summed E-state index contributed by atoms with van der Waals surface area (Å²) in [5, 5.41) is 16.1. The third-order valence-corrected chi connectivity index (χ3v) is 4.81. The van der Waals surface area contributed by atoms with Gasteiger partial charge in [0.25, 0.3) is 0 Å². The summed E-state index contributed by atoms with van der Waals surface area (Å²) in [6.07, 6.45) is 5.25. The lowest BCUT2D eigenvalue weighted by molar-refractivity contribution is -0.127. The van der Waals surface area contributed by atoms with Crippen LogP contribution in [0.4, 0.5) is 0 Å². The monoisotopic (exact) mass is 353 g/mol. The van der Waals surface area contributed by atoms with Crippen molar-refractivity contribution < 1.29 is 4.79 Å². The number of hydrogen-bond acceptors (Lipinski definition) is 4. The van der Waals surface area contributed by atoms with Gasteiger partial charge in [-0.1, -0.05) is 12.1 Å². The Morgan fingerprint density at radius 2 is 2.36 bits per heavy atom. The lowest BCUT2D eigenvalue weighted by atomic mass is 9.97. The van der Waals surface area contributed by atoms with Crippen molar-refractivity contribution in [3.8, 4) is 6.07 Å². The van der Waals surface area contributed by atoms with Gasteiger partial charge in [-0.2, -0.15) is 10.4 Å². The fourth-order valence-electron chi connectivity index (χ4n) is 3.10. The van der Waals surface area contributed by atoms with Crippen LogP contribution >= 0.6 is 12.2 Å². The molecule has 1 saturated heterocycles. The van der Waals surface area contributed by atoms with Gasteiger partial charge in [-0.25, -0.2) is 0 Å². The third-order valence-electron chi connectivity index (χ3n) is 4.45. The Hall–Kier alpha value is -2.72. The number of hydrogen-bond donors (Lipinski definition) is 1. The molecule has 0 spiro atoms. The minimum Gasteiger partial charge on any atom is -0.338 e. The smallest absolute Gasteiger partial charge is 0.246 e. The number of nitrogens with one attached hydrogen (secondary N) is 1. The van der Waals surface area contributed by atoms with E-state index in [1.807, 2.05) is 28.6 Å². The SMILES string of the molecule is Cn1c(C2CCCN(C(=O)C=Cc3cccc(C#N)c3)C2)n[nH]c1=S. The molecule has 0 aliphatic carbocycles. The first-order chi connectivity index (χ1) is 12.1. The van der Waals surface area contributed by atoms with E-state index in [2.05, 4.69) is 16.3 Å². The highest BCUT2D eigenvalue weighted by Crippen LogP contribution is 2.25. The summed E-state index contributed by atoms with van der Waals surface area (Å²) < 4.78 is 2.47. The number of aromatic nitrogens is 3.